The van der Waals surface area contributed by atoms with E-state index in [1.54, 1.807) is 6.33 Å². The Morgan fingerprint density at radius 1 is 1.06 bits per heavy atom. The van der Waals surface area contributed by atoms with E-state index >= 15 is 0 Å². The molecule has 1 N–H and O–H groups in total. The van der Waals surface area contributed by atoms with E-state index in [-0.39, 0.29) is 18.0 Å². The largest absolute Gasteiger partial charge is 0.334 e. The second-order valence-corrected chi connectivity index (χ2v) is 10.2. The van der Waals surface area contributed by atoms with Gasteiger partial charge in [0.2, 0.25) is 0 Å². The Bertz CT molecular complexity index is 1210. The highest BCUT2D eigenvalue weighted by Crippen LogP contribution is 2.31. The molecule has 3 heterocycles. The summed E-state index contributed by atoms with van der Waals surface area (Å²) in [6.07, 6.45) is 8.64. The number of aromatic nitrogens is 3. The lowest BCUT2D eigenvalue weighted by atomic mass is 9.94. The van der Waals surface area contributed by atoms with Crippen molar-refractivity contribution in [1.82, 2.24) is 29.9 Å². The van der Waals surface area contributed by atoms with Crippen LogP contribution in [0.1, 0.15) is 30.7 Å². The first-order chi connectivity index (χ1) is 17.6. The van der Waals surface area contributed by atoms with Crippen molar-refractivity contribution >= 4 is 29.2 Å². The molecule has 9 heteroatoms. The molecule has 1 unspecified atom stereocenters. The molecule has 36 heavy (non-hydrogen) atoms. The van der Waals surface area contributed by atoms with Gasteiger partial charge in [-0.15, -0.1) is 10.2 Å². The SMILES string of the molecule is O=C1NCC=CN1C1CCN(CCC(Cn2cnnc2-c2ccccc2)c2ccc(Cl)c(Cl)c2)CC1. The van der Waals surface area contributed by atoms with Crippen LogP contribution in [0, 0.1) is 0 Å². The van der Waals surface area contributed by atoms with Crippen LogP contribution < -0.4 is 5.32 Å². The van der Waals surface area contributed by atoms with Crippen molar-refractivity contribution in [1.29, 1.82) is 0 Å². The molecule has 0 spiro atoms. The highest BCUT2D eigenvalue weighted by molar-refractivity contribution is 6.42. The Morgan fingerprint density at radius 2 is 1.86 bits per heavy atom. The summed E-state index contributed by atoms with van der Waals surface area (Å²) < 4.78 is 2.12. The highest BCUT2D eigenvalue weighted by Gasteiger charge is 2.28. The van der Waals surface area contributed by atoms with E-state index in [0.29, 0.717) is 16.6 Å². The summed E-state index contributed by atoms with van der Waals surface area (Å²) in [6, 6.07) is 16.3. The number of rotatable bonds is 8. The lowest BCUT2D eigenvalue weighted by Crippen LogP contribution is -2.50. The van der Waals surface area contributed by atoms with Gasteiger partial charge in [-0.25, -0.2) is 4.79 Å². The maximum Gasteiger partial charge on any atom is 0.321 e. The molecule has 7 nitrogen and oxygen atoms in total. The van der Waals surface area contributed by atoms with Crippen LogP contribution in [0.25, 0.3) is 11.4 Å². The molecule has 5 rings (SSSR count). The van der Waals surface area contributed by atoms with Crippen molar-refractivity contribution in [3.05, 3.63) is 82.7 Å². The molecule has 2 aliphatic rings. The number of nitrogens with zero attached hydrogens (tertiary/aromatic N) is 5. The van der Waals surface area contributed by atoms with Gasteiger partial charge in [-0.05, 0) is 49.6 Å². The topological polar surface area (TPSA) is 66.3 Å². The highest BCUT2D eigenvalue weighted by atomic mass is 35.5. The minimum absolute atomic E-state index is 0.0128. The lowest BCUT2D eigenvalue weighted by Gasteiger charge is -2.38. The Labute approximate surface area is 221 Å². The number of hydrogen-bond acceptors (Lipinski definition) is 4. The van der Waals surface area contributed by atoms with Crippen LogP contribution in [0.4, 0.5) is 4.79 Å². The lowest BCUT2D eigenvalue weighted by molar-refractivity contribution is 0.140. The number of carbonyl (C=O) groups excluding carboxylic acids is 1. The van der Waals surface area contributed by atoms with Gasteiger partial charge in [0.15, 0.2) is 5.82 Å². The van der Waals surface area contributed by atoms with Gasteiger partial charge in [-0.1, -0.05) is 59.6 Å². The Kier molecular flexibility index (Phi) is 7.90. The van der Waals surface area contributed by atoms with Crippen LogP contribution >= 0.6 is 23.2 Å². The van der Waals surface area contributed by atoms with Gasteiger partial charge in [-0.2, -0.15) is 0 Å². The van der Waals surface area contributed by atoms with Crippen molar-refractivity contribution < 1.29 is 4.79 Å². The zero-order chi connectivity index (χ0) is 24.9. The number of nitrogens with one attached hydrogen (secondary N) is 1. The first kappa shape index (κ1) is 24.8. The molecule has 3 aromatic rings. The van der Waals surface area contributed by atoms with Gasteiger partial charge < -0.3 is 14.8 Å². The monoisotopic (exact) mass is 524 g/mol. The molecule has 2 amide bonds. The van der Waals surface area contributed by atoms with Crippen molar-refractivity contribution in [2.75, 3.05) is 26.2 Å². The fraction of sp³-hybridized carbons (Fsp3) is 0.370. The first-order valence-corrected chi connectivity index (χ1v) is 13.2. The maximum atomic E-state index is 12.2. The van der Waals surface area contributed by atoms with E-state index < -0.39 is 0 Å². The van der Waals surface area contributed by atoms with E-state index in [1.165, 1.54) is 0 Å². The second-order valence-electron chi connectivity index (χ2n) is 9.38. The summed E-state index contributed by atoms with van der Waals surface area (Å²) in [5.41, 5.74) is 2.20. The van der Waals surface area contributed by atoms with Gasteiger partial charge >= 0.3 is 6.03 Å². The average Bonchev–Trinajstić information content (AvgIpc) is 3.38. The molecule has 2 aliphatic heterocycles. The van der Waals surface area contributed by atoms with E-state index in [0.717, 1.165) is 62.4 Å². The summed E-state index contributed by atoms with van der Waals surface area (Å²) in [5.74, 6) is 1.07. The molecule has 1 aromatic heterocycles. The molecule has 0 saturated carbocycles. The summed E-state index contributed by atoms with van der Waals surface area (Å²) in [7, 11) is 0. The molecule has 1 fully saturated rings. The molecule has 1 saturated heterocycles. The van der Waals surface area contributed by atoms with E-state index in [9.17, 15) is 4.79 Å². The summed E-state index contributed by atoms with van der Waals surface area (Å²) in [4.78, 5) is 16.6. The van der Waals surface area contributed by atoms with Crippen LogP contribution in [-0.4, -0.2) is 62.8 Å². The quantitative estimate of drug-likeness (QED) is 0.426. The predicted octanol–water partition coefficient (Wildman–Crippen LogP) is 5.43. The molecular formula is C27H30Cl2N6O. The summed E-state index contributed by atoms with van der Waals surface area (Å²) in [6.45, 7) is 4.26. The van der Waals surface area contributed by atoms with Crippen LogP contribution in [0.2, 0.25) is 10.0 Å². The van der Waals surface area contributed by atoms with Crippen LogP contribution in [0.5, 0.6) is 0 Å². The predicted molar refractivity (Wildman–Crippen MR) is 143 cm³/mol. The number of hydrogen-bond donors (Lipinski definition) is 1. The fourth-order valence-electron chi connectivity index (χ4n) is 5.09. The number of amides is 2. The molecule has 0 aliphatic carbocycles. The number of urea groups is 1. The van der Waals surface area contributed by atoms with Gasteiger partial charge in [0.25, 0.3) is 0 Å². The molecule has 188 valence electrons. The zero-order valence-corrected chi connectivity index (χ0v) is 21.6. The first-order valence-electron chi connectivity index (χ1n) is 12.4. The Hall–Kier alpha value is -2.87. The zero-order valence-electron chi connectivity index (χ0n) is 20.1. The normalized spacial score (nSPS) is 17.8. The number of likely N-dealkylation sites (tertiary alicyclic amines) is 1. The van der Waals surface area contributed by atoms with Crippen LogP contribution in [0.3, 0.4) is 0 Å². The molecular weight excluding hydrogens is 495 g/mol. The third-order valence-corrected chi connectivity index (χ3v) is 7.83. The van der Waals surface area contributed by atoms with Crippen molar-refractivity contribution in [3.8, 4) is 11.4 Å². The number of piperidine rings is 1. The van der Waals surface area contributed by atoms with E-state index in [1.807, 2.05) is 47.5 Å². The standard InChI is InChI=1S/C27H30Cl2N6O/c28-24-8-7-21(17-25(24)29)22(18-34-19-31-32-26(34)20-5-2-1-3-6-20)9-14-33-15-10-23(11-16-33)35-13-4-12-30-27(35)36/h1-8,13,17,19,22-23H,9-12,14-16,18H2,(H,30,36). The number of carbonyl (C=O) groups is 1. The minimum Gasteiger partial charge on any atom is -0.334 e. The Morgan fingerprint density at radius 3 is 2.61 bits per heavy atom. The summed E-state index contributed by atoms with van der Waals surface area (Å²) in [5, 5.41) is 12.6. The van der Waals surface area contributed by atoms with Crippen molar-refractivity contribution in [2.45, 2.75) is 37.8 Å². The number of halogens is 2. The Balaban J connectivity index is 1.27. The van der Waals surface area contributed by atoms with E-state index in [4.69, 9.17) is 23.2 Å². The molecule has 1 atom stereocenters. The van der Waals surface area contributed by atoms with Crippen molar-refractivity contribution in [2.24, 2.45) is 0 Å². The van der Waals surface area contributed by atoms with Gasteiger partial charge in [0.05, 0.1) is 10.0 Å². The van der Waals surface area contributed by atoms with Gasteiger partial charge in [-0.3, -0.25) is 4.90 Å². The molecule has 0 bridgehead atoms. The third kappa shape index (κ3) is 5.75. The second kappa shape index (κ2) is 11.5. The maximum absolute atomic E-state index is 12.2. The average molecular weight is 525 g/mol. The minimum atomic E-state index is 0.0128. The molecule has 0 radical (unpaired) electrons. The summed E-state index contributed by atoms with van der Waals surface area (Å²) >= 11 is 12.6. The third-order valence-electron chi connectivity index (χ3n) is 7.10. The van der Waals surface area contributed by atoms with Crippen molar-refractivity contribution in [3.63, 3.8) is 0 Å². The van der Waals surface area contributed by atoms with Crippen LogP contribution in [-0.2, 0) is 6.54 Å². The van der Waals surface area contributed by atoms with Gasteiger partial charge in [0, 0.05) is 49.9 Å². The smallest absolute Gasteiger partial charge is 0.321 e. The number of benzene rings is 2. The molecule has 2 aromatic carbocycles. The van der Waals surface area contributed by atoms with E-state index in [2.05, 4.69) is 43.2 Å². The fourth-order valence-corrected chi connectivity index (χ4v) is 5.39. The van der Waals surface area contributed by atoms with Crippen LogP contribution in [0.15, 0.2) is 67.1 Å². The van der Waals surface area contributed by atoms with Gasteiger partial charge in [0.1, 0.15) is 6.33 Å².